The van der Waals surface area contributed by atoms with Crippen LogP contribution in [0, 0.1) is 5.92 Å². The minimum Gasteiger partial charge on any atom is -0.368 e. The Morgan fingerprint density at radius 2 is 2.33 bits per heavy atom. The number of ether oxygens (including phenoxy) is 1. The Balaban J connectivity index is 1.81. The molecule has 0 aromatic rings. The highest BCUT2D eigenvalue weighted by Gasteiger charge is 2.32. The van der Waals surface area contributed by atoms with Gasteiger partial charge in [-0.2, -0.15) is 0 Å². The van der Waals surface area contributed by atoms with Gasteiger partial charge in [0.2, 0.25) is 0 Å². The zero-order chi connectivity index (χ0) is 10.7. The second-order valence-electron chi connectivity index (χ2n) is 4.52. The van der Waals surface area contributed by atoms with Crippen LogP contribution < -0.4 is 5.73 Å². The molecule has 0 spiro atoms. The molecule has 2 N–H and O–H groups in total. The van der Waals surface area contributed by atoms with Crippen LogP contribution in [0.4, 0.5) is 0 Å². The van der Waals surface area contributed by atoms with Gasteiger partial charge in [-0.1, -0.05) is 0 Å². The summed E-state index contributed by atoms with van der Waals surface area (Å²) < 4.78 is 5.41. The van der Waals surface area contributed by atoms with Crippen LogP contribution in [0.5, 0.6) is 0 Å². The average Bonchev–Trinajstić information content (AvgIpc) is 2.87. The Morgan fingerprint density at radius 1 is 1.47 bits per heavy atom. The Labute approximate surface area is 90.8 Å². The van der Waals surface area contributed by atoms with Gasteiger partial charge in [0.15, 0.2) is 0 Å². The number of hydrogen-bond acceptors (Lipinski definition) is 3. The maximum Gasteiger partial charge on any atom is 0.251 e. The van der Waals surface area contributed by atoms with E-state index in [0.717, 1.165) is 51.9 Å². The van der Waals surface area contributed by atoms with Crippen molar-refractivity contribution < 1.29 is 9.53 Å². The number of carbonyl (C=O) groups excluding carboxylic acids is 1. The summed E-state index contributed by atoms with van der Waals surface area (Å²) in [6, 6.07) is 0. The van der Waals surface area contributed by atoms with E-state index in [-0.39, 0.29) is 12.0 Å². The van der Waals surface area contributed by atoms with Crippen LogP contribution in [-0.2, 0) is 9.53 Å². The smallest absolute Gasteiger partial charge is 0.251 e. The lowest BCUT2D eigenvalue weighted by molar-refractivity contribution is -0.139. The first-order chi connectivity index (χ1) is 7.31. The van der Waals surface area contributed by atoms with Gasteiger partial charge in [0.05, 0.1) is 0 Å². The van der Waals surface area contributed by atoms with Crippen molar-refractivity contribution >= 4 is 5.91 Å². The highest BCUT2D eigenvalue weighted by molar-refractivity contribution is 5.81. The molecular formula is C11H20N2O2. The van der Waals surface area contributed by atoms with E-state index in [0.29, 0.717) is 5.92 Å². The molecule has 15 heavy (non-hydrogen) atoms. The molecule has 0 radical (unpaired) electrons. The van der Waals surface area contributed by atoms with Crippen LogP contribution in [0.1, 0.15) is 25.7 Å². The van der Waals surface area contributed by atoms with Crippen LogP contribution in [0.15, 0.2) is 0 Å². The van der Waals surface area contributed by atoms with E-state index in [1.54, 1.807) is 0 Å². The predicted molar refractivity (Wildman–Crippen MR) is 57.3 cm³/mol. The van der Waals surface area contributed by atoms with Crippen molar-refractivity contribution in [3.63, 3.8) is 0 Å². The summed E-state index contributed by atoms with van der Waals surface area (Å²) >= 11 is 0. The quantitative estimate of drug-likeness (QED) is 0.735. The van der Waals surface area contributed by atoms with Crippen LogP contribution in [0.2, 0.25) is 0 Å². The van der Waals surface area contributed by atoms with Gasteiger partial charge in [-0.05, 0) is 38.1 Å². The molecule has 2 unspecified atom stereocenters. The predicted octanol–water partition coefficient (Wildman–Crippen LogP) is 0.363. The molecule has 0 aliphatic carbocycles. The number of rotatable bonds is 3. The lowest BCUT2D eigenvalue weighted by Crippen LogP contribution is -2.37. The summed E-state index contributed by atoms with van der Waals surface area (Å²) in [5.41, 5.74) is 5.52. The van der Waals surface area contributed by atoms with Gasteiger partial charge in [-0.25, -0.2) is 0 Å². The molecule has 1 amide bonds. The Morgan fingerprint density at radius 3 is 3.00 bits per heavy atom. The second kappa shape index (κ2) is 4.94. The van der Waals surface area contributed by atoms with Crippen molar-refractivity contribution in [1.82, 2.24) is 4.90 Å². The summed E-state index contributed by atoms with van der Waals surface area (Å²) in [5, 5.41) is 0. The third-order valence-electron chi connectivity index (χ3n) is 3.38. The summed E-state index contributed by atoms with van der Waals surface area (Å²) in [7, 11) is 0. The van der Waals surface area contributed by atoms with Gasteiger partial charge in [0, 0.05) is 19.7 Å². The molecular weight excluding hydrogens is 192 g/mol. The van der Waals surface area contributed by atoms with Crippen molar-refractivity contribution in [2.75, 3.05) is 26.2 Å². The average molecular weight is 212 g/mol. The first-order valence-corrected chi connectivity index (χ1v) is 5.91. The molecule has 4 nitrogen and oxygen atoms in total. The van der Waals surface area contributed by atoms with Crippen LogP contribution >= 0.6 is 0 Å². The molecule has 2 atom stereocenters. The standard InChI is InChI=1S/C11H20N2O2/c12-5-3-9-4-6-13(8-9)11(14)10-2-1-7-15-10/h9-10H,1-8,12H2. The van der Waals surface area contributed by atoms with E-state index in [2.05, 4.69) is 0 Å². The van der Waals surface area contributed by atoms with Gasteiger partial charge in [0.25, 0.3) is 5.91 Å². The van der Waals surface area contributed by atoms with Gasteiger partial charge >= 0.3 is 0 Å². The number of nitrogens with zero attached hydrogens (tertiary/aromatic N) is 1. The summed E-state index contributed by atoms with van der Waals surface area (Å²) in [5.74, 6) is 0.812. The zero-order valence-corrected chi connectivity index (χ0v) is 9.15. The van der Waals surface area contributed by atoms with Crippen molar-refractivity contribution in [3.8, 4) is 0 Å². The van der Waals surface area contributed by atoms with Crippen LogP contribution in [0.25, 0.3) is 0 Å². The molecule has 2 aliphatic rings. The summed E-state index contributed by atoms with van der Waals surface area (Å²) in [6.07, 6.45) is 3.92. The SMILES string of the molecule is NCCC1CCN(C(=O)C2CCCO2)C1. The van der Waals surface area contributed by atoms with Gasteiger partial charge < -0.3 is 15.4 Å². The van der Waals surface area contributed by atoms with E-state index in [9.17, 15) is 4.79 Å². The topological polar surface area (TPSA) is 55.6 Å². The second-order valence-corrected chi connectivity index (χ2v) is 4.52. The minimum atomic E-state index is -0.151. The third-order valence-corrected chi connectivity index (χ3v) is 3.38. The van der Waals surface area contributed by atoms with E-state index in [1.165, 1.54) is 0 Å². The maximum atomic E-state index is 12.0. The van der Waals surface area contributed by atoms with E-state index < -0.39 is 0 Å². The third kappa shape index (κ3) is 2.49. The molecule has 2 saturated heterocycles. The largest absolute Gasteiger partial charge is 0.368 e. The molecule has 4 heteroatoms. The van der Waals surface area contributed by atoms with Gasteiger partial charge in [-0.15, -0.1) is 0 Å². The lowest BCUT2D eigenvalue weighted by atomic mass is 10.1. The van der Waals surface area contributed by atoms with Crippen molar-refractivity contribution in [1.29, 1.82) is 0 Å². The first-order valence-electron chi connectivity index (χ1n) is 5.91. The van der Waals surface area contributed by atoms with Crippen molar-refractivity contribution in [3.05, 3.63) is 0 Å². The fraction of sp³-hybridized carbons (Fsp3) is 0.909. The fourth-order valence-corrected chi connectivity index (χ4v) is 2.48. The summed E-state index contributed by atoms with van der Waals surface area (Å²) in [4.78, 5) is 13.9. The zero-order valence-electron chi connectivity index (χ0n) is 9.15. The molecule has 0 aromatic carbocycles. The number of hydrogen-bond donors (Lipinski definition) is 1. The highest BCUT2D eigenvalue weighted by Crippen LogP contribution is 2.22. The monoisotopic (exact) mass is 212 g/mol. The summed E-state index contributed by atoms with van der Waals surface area (Å²) in [6.45, 7) is 3.25. The van der Waals surface area contributed by atoms with E-state index in [4.69, 9.17) is 10.5 Å². The normalized spacial score (nSPS) is 31.1. The Bertz CT molecular complexity index is 227. The molecule has 2 fully saturated rings. The fourth-order valence-electron chi connectivity index (χ4n) is 2.48. The molecule has 2 heterocycles. The first kappa shape index (κ1) is 10.9. The maximum absolute atomic E-state index is 12.0. The Hall–Kier alpha value is -0.610. The molecule has 2 aliphatic heterocycles. The molecule has 0 bridgehead atoms. The lowest BCUT2D eigenvalue weighted by Gasteiger charge is -2.20. The van der Waals surface area contributed by atoms with E-state index in [1.807, 2.05) is 4.90 Å². The van der Waals surface area contributed by atoms with Gasteiger partial charge in [-0.3, -0.25) is 4.79 Å². The van der Waals surface area contributed by atoms with Crippen molar-refractivity contribution in [2.24, 2.45) is 11.7 Å². The van der Waals surface area contributed by atoms with Gasteiger partial charge in [0.1, 0.15) is 6.10 Å². The molecule has 2 rings (SSSR count). The van der Waals surface area contributed by atoms with Crippen LogP contribution in [-0.4, -0.2) is 43.2 Å². The molecule has 86 valence electrons. The number of likely N-dealkylation sites (tertiary alicyclic amines) is 1. The number of nitrogens with two attached hydrogens (primary N) is 1. The molecule has 0 aromatic heterocycles. The minimum absolute atomic E-state index is 0.151. The highest BCUT2D eigenvalue weighted by atomic mass is 16.5. The van der Waals surface area contributed by atoms with Crippen LogP contribution in [0.3, 0.4) is 0 Å². The van der Waals surface area contributed by atoms with Crippen molar-refractivity contribution in [2.45, 2.75) is 31.8 Å². The number of carbonyl (C=O) groups is 1. The van der Waals surface area contributed by atoms with E-state index >= 15 is 0 Å². The number of amides is 1. The Kier molecular flexibility index (Phi) is 3.59. The molecule has 0 saturated carbocycles.